The minimum absolute atomic E-state index is 0.0584. The number of hydrogen-bond acceptors (Lipinski definition) is 4. The van der Waals surface area contributed by atoms with Crippen molar-refractivity contribution in [3.63, 3.8) is 0 Å². The highest BCUT2D eigenvalue weighted by molar-refractivity contribution is 6.00. The lowest BCUT2D eigenvalue weighted by Crippen LogP contribution is -2.32. The maximum atomic E-state index is 12.4. The molecule has 2 aromatic heterocycles. The van der Waals surface area contributed by atoms with E-state index in [9.17, 15) is 4.79 Å². The molecule has 2 atom stereocenters. The molecular weight excluding hydrogens is 254 g/mol. The van der Waals surface area contributed by atoms with Gasteiger partial charge in [0.15, 0.2) is 5.65 Å². The molecule has 1 saturated heterocycles. The molecule has 2 aliphatic rings. The number of aryl methyl sites for hydroxylation is 2. The van der Waals surface area contributed by atoms with Crippen LogP contribution in [0, 0.1) is 25.7 Å². The Bertz CT molecular complexity index is 697. The van der Waals surface area contributed by atoms with Crippen molar-refractivity contribution < 1.29 is 4.79 Å². The van der Waals surface area contributed by atoms with E-state index in [2.05, 4.69) is 20.7 Å². The van der Waals surface area contributed by atoms with Crippen molar-refractivity contribution in [1.29, 1.82) is 0 Å². The number of aromatic nitrogens is 3. The number of amides is 1. The topological polar surface area (TPSA) is 71.3 Å². The summed E-state index contributed by atoms with van der Waals surface area (Å²) in [7, 11) is 0. The number of rotatable bonds is 2. The fourth-order valence-electron chi connectivity index (χ4n) is 3.29. The van der Waals surface area contributed by atoms with Crippen molar-refractivity contribution in [3.8, 4) is 0 Å². The van der Waals surface area contributed by atoms with Crippen LogP contribution in [-0.4, -0.2) is 39.6 Å². The Morgan fingerprint density at radius 1 is 1.40 bits per heavy atom. The Labute approximate surface area is 116 Å². The van der Waals surface area contributed by atoms with E-state index in [1.165, 1.54) is 0 Å². The van der Waals surface area contributed by atoms with Crippen LogP contribution < -0.4 is 10.6 Å². The molecule has 0 spiro atoms. The minimum atomic E-state index is -0.0584. The van der Waals surface area contributed by atoms with E-state index >= 15 is 0 Å². The average Bonchev–Trinajstić information content (AvgIpc) is 2.84. The van der Waals surface area contributed by atoms with Crippen LogP contribution in [0.4, 0.5) is 0 Å². The standard InChI is InChI=1S/C14H17N5O/c1-7-3-8(2)19-13(17-7)11(6-16-19)14(20)18-12-9-4-15-5-10(9)12/h3,6,9-10,12,15H,4-5H2,1-2H3,(H,18,20). The summed E-state index contributed by atoms with van der Waals surface area (Å²) in [5.74, 6) is 1.16. The first kappa shape index (κ1) is 11.8. The summed E-state index contributed by atoms with van der Waals surface area (Å²) in [5.41, 5.74) is 3.09. The number of nitrogens with zero attached hydrogens (tertiary/aromatic N) is 3. The first-order valence-electron chi connectivity index (χ1n) is 6.99. The molecule has 6 heteroatoms. The number of fused-ring (bicyclic) bond motifs is 2. The molecule has 0 aromatic carbocycles. The molecule has 0 bridgehead atoms. The van der Waals surface area contributed by atoms with E-state index in [1.54, 1.807) is 10.7 Å². The Morgan fingerprint density at radius 2 is 2.15 bits per heavy atom. The Balaban J connectivity index is 1.63. The Morgan fingerprint density at radius 3 is 2.90 bits per heavy atom. The summed E-state index contributed by atoms with van der Waals surface area (Å²) in [6.45, 7) is 5.92. The lowest BCUT2D eigenvalue weighted by Gasteiger charge is -2.07. The summed E-state index contributed by atoms with van der Waals surface area (Å²) >= 11 is 0. The molecule has 3 heterocycles. The zero-order chi connectivity index (χ0) is 13.9. The molecule has 20 heavy (non-hydrogen) atoms. The van der Waals surface area contributed by atoms with Gasteiger partial charge < -0.3 is 10.6 Å². The smallest absolute Gasteiger partial charge is 0.257 e. The van der Waals surface area contributed by atoms with Crippen LogP contribution in [0.15, 0.2) is 12.3 Å². The fraction of sp³-hybridized carbons (Fsp3) is 0.500. The highest BCUT2D eigenvalue weighted by atomic mass is 16.1. The number of piperidine rings is 1. The van der Waals surface area contributed by atoms with E-state index in [1.807, 2.05) is 19.9 Å². The second-order valence-electron chi connectivity index (χ2n) is 5.82. The highest BCUT2D eigenvalue weighted by Gasteiger charge is 2.53. The largest absolute Gasteiger partial charge is 0.348 e. The molecule has 6 nitrogen and oxygen atoms in total. The molecule has 1 amide bonds. The van der Waals surface area contributed by atoms with E-state index in [0.29, 0.717) is 29.1 Å². The summed E-state index contributed by atoms with van der Waals surface area (Å²) in [6.07, 6.45) is 1.61. The van der Waals surface area contributed by atoms with Gasteiger partial charge in [0.1, 0.15) is 5.56 Å². The second-order valence-corrected chi connectivity index (χ2v) is 5.82. The van der Waals surface area contributed by atoms with Gasteiger partial charge in [-0.3, -0.25) is 4.79 Å². The van der Waals surface area contributed by atoms with Gasteiger partial charge in [0, 0.05) is 30.5 Å². The Kier molecular flexibility index (Phi) is 2.38. The maximum absolute atomic E-state index is 12.4. The minimum Gasteiger partial charge on any atom is -0.348 e. The van der Waals surface area contributed by atoms with E-state index in [4.69, 9.17) is 0 Å². The van der Waals surface area contributed by atoms with Gasteiger partial charge in [-0.25, -0.2) is 9.50 Å². The van der Waals surface area contributed by atoms with Crippen LogP contribution >= 0.6 is 0 Å². The molecule has 1 aliphatic heterocycles. The van der Waals surface area contributed by atoms with Crippen molar-refractivity contribution in [1.82, 2.24) is 25.2 Å². The Hall–Kier alpha value is -1.95. The SMILES string of the molecule is Cc1cc(C)n2ncc(C(=O)NC3C4CNCC43)c2n1. The van der Waals surface area contributed by atoms with Gasteiger partial charge in [0.2, 0.25) is 0 Å². The zero-order valence-electron chi connectivity index (χ0n) is 11.6. The first-order chi connectivity index (χ1) is 9.65. The predicted octanol–water partition coefficient (Wildman–Crippen LogP) is 0.294. The van der Waals surface area contributed by atoms with Gasteiger partial charge >= 0.3 is 0 Å². The van der Waals surface area contributed by atoms with Gasteiger partial charge in [0.05, 0.1) is 6.20 Å². The summed E-state index contributed by atoms with van der Waals surface area (Å²) in [4.78, 5) is 16.8. The van der Waals surface area contributed by atoms with Crippen LogP contribution in [0.1, 0.15) is 21.7 Å². The number of hydrogen-bond donors (Lipinski definition) is 2. The van der Waals surface area contributed by atoms with Crippen molar-refractivity contribution in [2.45, 2.75) is 19.9 Å². The number of nitrogens with one attached hydrogen (secondary N) is 2. The average molecular weight is 271 g/mol. The molecule has 104 valence electrons. The van der Waals surface area contributed by atoms with Gasteiger partial charge in [-0.1, -0.05) is 0 Å². The third-order valence-electron chi connectivity index (χ3n) is 4.41. The van der Waals surface area contributed by atoms with Crippen molar-refractivity contribution in [3.05, 3.63) is 29.2 Å². The van der Waals surface area contributed by atoms with E-state index in [0.717, 1.165) is 24.5 Å². The molecule has 1 saturated carbocycles. The van der Waals surface area contributed by atoms with Crippen LogP contribution in [-0.2, 0) is 0 Å². The van der Waals surface area contributed by atoms with Gasteiger partial charge in [-0.2, -0.15) is 5.10 Å². The van der Waals surface area contributed by atoms with E-state index in [-0.39, 0.29) is 5.91 Å². The number of carbonyl (C=O) groups is 1. The summed E-state index contributed by atoms with van der Waals surface area (Å²) in [6, 6.07) is 2.28. The van der Waals surface area contributed by atoms with Crippen LogP contribution in [0.2, 0.25) is 0 Å². The van der Waals surface area contributed by atoms with Crippen molar-refractivity contribution >= 4 is 11.6 Å². The summed E-state index contributed by atoms with van der Waals surface area (Å²) in [5, 5.41) is 10.7. The fourth-order valence-corrected chi connectivity index (χ4v) is 3.29. The van der Waals surface area contributed by atoms with E-state index < -0.39 is 0 Å². The molecule has 4 rings (SSSR count). The van der Waals surface area contributed by atoms with Crippen molar-refractivity contribution in [2.75, 3.05) is 13.1 Å². The molecule has 0 radical (unpaired) electrons. The first-order valence-corrected chi connectivity index (χ1v) is 6.99. The van der Waals surface area contributed by atoms with Crippen molar-refractivity contribution in [2.24, 2.45) is 11.8 Å². The van der Waals surface area contributed by atoms with Gasteiger partial charge in [-0.15, -0.1) is 0 Å². The quantitative estimate of drug-likeness (QED) is 0.824. The van der Waals surface area contributed by atoms with Crippen LogP contribution in [0.3, 0.4) is 0 Å². The lowest BCUT2D eigenvalue weighted by atomic mass is 10.3. The zero-order valence-corrected chi connectivity index (χ0v) is 11.6. The normalized spacial score (nSPS) is 27.6. The van der Waals surface area contributed by atoms with Crippen LogP contribution in [0.5, 0.6) is 0 Å². The van der Waals surface area contributed by atoms with Gasteiger partial charge in [0.25, 0.3) is 5.91 Å². The number of carbonyl (C=O) groups excluding carboxylic acids is 1. The molecule has 2 fully saturated rings. The van der Waals surface area contributed by atoms with Gasteiger partial charge in [-0.05, 0) is 31.7 Å². The molecular formula is C14H17N5O. The third-order valence-corrected chi connectivity index (χ3v) is 4.41. The third kappa shape index (κ3) is 1.64. The lowest BCUT2D eigenvalue weighted by molar-refractivity contribution is 0.0948. The molecule has 2 unspecified atom stereocenters. The predicted molar refractivity (Wildman–Crippen MR) is 73.6 cm³/mol. The maximum Gasteiger partial charge on any atom is 0.257 e. The molecule has 2 aromatic rings. The second kappa shape index (κ2) is 4.02. The molecule has 2 N–H and O–H groups in total. The molecule has 1 aliphatic carbocycles. The summed E-state index contributed by atoms with van der Waals surface area (Å²) < 4.78 is 1.72. The van der Waals surface area contributed by atoms with Crippen LogP contribution in [0.25, 0.3) is 5.65 Å². The highest BCUT2D eigenvalue weighted by Crippen LogP contribution is 2.41. The monoisotopic (exact) mass is 271 g/mol.